The Morgan fingerprint density at radius 2 is 2.00 bits per heavy atom. The number of piperazine rings is 1. The number of hydrogen-bond acceptors (Lipinski definition) is 5. The number of rotatable bonds is 4. The molecule has 2 N–H and O–H groups in total. The third kappa shape index (κ3) is 3.25. The number of carbonyl (C=O) groups excluding carboxylic acids is 1. The van der Waals surface area contributed by atoms with E-state index in [1.165, 1.54) is 5.56 Å². The van der Waals surface area contributed by atoms with Crippen molar-refractivity contribution in [2.75, 3.05) is 25.0 Å². The Morgan fingerprint density at radius 3 is 2.77 bits per heavy atom. The fourth-order valence-electron chi connectivity index (χ4n) is 3.24. The number of amides is 1. The highest BCUT2D eigenvalue weighted by Crippen LogP contribution is 2.23. The summed E-state index contributed by atoms with van der Waals surface area (Å²) >= 11 is 0. The van der Waals surface area contributed by atoms with Crippen LogP contribution < -0.4 is 10.6 Å². The fraction of sp³-hybridized carbons (Fsp3) is 0.316. The molecule has 1 amide bonds. The molecule has 0 radical (unpaired) electrons. The zero-order valence-electron chi connectivity index (χ0n) is 14.9. The minimum Gasteiger partial charge on any atom is -0.354 e. The number of pyridine rings is 1. The van der Waals surface area contributed by atoms with E-state index in [2.05, 4.69) is 39.5 Å². The van der Waals surface area contributed by atoms with Gasteiger partial charge >= 0.3 is 0 Å². The van der Waals surface area contributed by atoms with Gasteiger partial charge < -0.3 is 10.6 Å². The highest BCUT2D eigenvalue weighted by molar-refractivity contribution is 5.78. The van der Waals surface area contributed by atoms with Gasteiger partial charge in [-0.2, -0.15) is 4.98 Å². The molecule has 26 heavy (non-hydrogen) atoms. The van der Waals surface area contributed by atoms with Crippen molar-refractivity contribution < 1.29 is 4.79 Å². The van der Waals surface area contributed by atoms with Gasteiger partial charge in [0.25, 0.3) is 0 Å². The molecule has 1 atom stereocenters. The third-order valence-electron chi connectivity index (χ3n) is 4.74. The molecule has 4 rings (SSSR count). The number of carbonyl (C=O) groups is 1. The average molecular weight is 350 g/mol. The maximum absolute atomic E-state index is 11.7. The van der Waals surface area contributed by atoms with Crippen LogP contribution in [0, 0.1) is 6.92 Å². The molecule has 3 aromatic rings. The van der Waals surface area contributed by atoms with Gasteiger partial charge in [0.15, 0.2) is 5.65 Å². The lowest BCUT2D eigenvalue weighted by atomic mass is 10.1. The molecule has 1 fully saturated rings. The van der Waals surface area contributed by atoms with Gasteiger partial charge in [-0.3, -0.25) is 9.69 Å². The molecule has 0 spiro atoms. The summed E-state index contributed by atoms with van der Waals surface area (Å²) in [5.74, 6) is 0.625. The molecule has 0 saturated carbocycles. The number of aryl methyl sites for hydroxylation is 1. The fourth-order valence-corrected chi connectivity index (χ4v) is 3.24. The molecule has 1 saturated heterocycles. The van der Waals surface area contributed by atoms with Crippen LogP contribution in [0.1, 0.15) is 24.2 Å². The van der Waals surface area contributed by atoms with Gasteiger partial charge in [0.2, 0.25) is 11.9 Å². The first-order chi connectivity index (χ1) is 12.6. The van der Waals surface area contributed by atoms with Gasteiger partial charge in [-0.15, -0.1) is 5.10 Å². The first-order valence-corrected chi connectivity index (χ1v) is 8.80. The summed E-state index contributed by atoms with van der Waals surface area (Å²) < 4.78 is 1.85. The summed E-state index contributed by atoms with van der Waals surface area (Å²) in [6, 6.07) is 14.1. The van der Waals surface area contributed by atoms with Gasteiger partial charge in [0.1, 0.15) is 0 Å². The molecular formula is C19H22N6O. The molecule has 7 nitrogen and oxygen atoms in total. The standard InChI is InChI=1S/C19H22N6O/c1-13-6-8-15(9-7-13)21-19-22-17-5-3-4-16(25(17)23-19)14(2)24-11-10-20-18(26)12-24/h3-9,14H,10-12H2,1-2H3,(H,20,26)(H,21,23). The summed E-state index contributed by atoms with van der Waals surface area (Å²) in [6.45, 7) is 6.06. The molecule has 2 aromatic heterocycles. The van der Waals surface area contributed by atoms with Crippen LogP contribution in [0.25, 0.3) is 5.65 Å². The first kappa shape index (κ1) is 16.5. The Labute approximate surface area is 152 Å². The zero-order valence-corrected chi connectivity index (χ0v) is 14.9. The van der Waals surface area contributed by atoms with Gasteiger partial charge in [-0.25, -0.2) is 4.52 Å². The number of nitrogens with zero attached hydrogens (tertiary/aromatic N) is 4. The lowest BCUT2D eigenvalue weighted by molar-refractivity contribution is -0.124. The van der Waals surface area contributed by atoms with E-state index in [1.54, 1.807) is 0 Å². The number of anilines is 2. The lowest BCUT2D eigenvalue weighted by Crippen LogP contribution is -2.48. The van der Waals surface area contributed by atoms with Crippen LogP contribution in [0.5, 0.6) is 0 Å². The molecule has 1 unspecified atom stereocenters. The monoisotopic (exact) mass is 350 g/mol. The highest BCUT2D eigenvalue weighted by Gasteiger charge is 2.24. The molecule has 1 aliphatic heterocycles. The summed E-state index contributed by atoms with van der Waals surface area (Å²) in [4.78, 5) is 18.4. The van der Waals surface area contributed by atoms with E-state index in [0.717, 1.165) is 23.6 Å². The maximum Gasteiger partial charge on any atom is 0.247 e. The largest absolute Gasteiger partial charge is 0.354 e. The van der Waals surface area contributed by atoms with E-state index >= 15 is 0 Å². The molecule has 134 valence electrons. The molecule has 1 aliphatic rings. The minimum absolute atomic E-state index is 0.0654. The molecular weight excluding hydrogens is 328 g/mol. The van der Waals surface area contributed by atoms with E-state index in [0.29, 0.717) is 19.0 Å². The van der Waals surface area contributed by atoms with Crippen LogP contribution in [-0.4, -0.2) is 45.0 Å². The highest BCUT2D eigenvalue weighted by atomic mass is 16.2. The SMILES string of the molecule is Cc1ccc(Nc2nc3cccc(C(C)N4CCNC(=O)C4)n3n2)cc1. The quantitative estimate of drug-likeness (QED) is 0.755. The van der Waals surface area contributed by atoms with Crippen molar-refractivity contribution in [3.63, 3.8) is 0 Å². The summed E-state index contributed by atoms with van der Waals surface area (Å²) in [5, 5.41) is 10.8. The van der Waals surface area contributed by atoms with Crippen molar-refractivity contribution in [1.29, 1.82) is 0 Å². The average Bonchev–Trinajstić information content (AvgIpc) is 3.05. The van der Waals surface area contributed by atoms with Crippen molar-refractivity contribution in [3.8, 4) is 0 Å². The Kier molecular flexibility index (Phi) is 4.30. The Balaban J connectivity index is 1.62. The predicted octanol–water partition coefficient (Wildman–Crippen LogP) is 2.27. The number of benzene rings is 1. The van der Waals surface area contributed by atoms with E-state index in [-0.39, 0.29) is 11.9 Å². The second-order valence-corrected chi connectivity index (χ2v) is 6.64. The molecule has 7 heteroatoms. The second-order valence-electron chi connectivity index (χ2n) is 6.64. The molecule has 3 heterocycles. The third-order valence-corrected chi connectivity index (χ3v) is 4.74. The van der Waals surface area contributed by atoms with Gasteiger partial charge in [0.05, 0.1) is 12.2 Å². The van der Waals surface area contributed by atoms with E-state index in [9.17, 15) is 4.79 Å². The van der Waals surface area contributed by atoms with Crippen LogP contribution in [0.3, 0.4) is 0 Å². The normalized spacial score (nSPS) is 16.5. The Hall–Kier alpha value is -2.93. The number of aromatic nitrogens is 3. The van der Waals surface area contributed by atoms with Crippen molar-refractivity contribution >= 4 is 23.2 Å². The molecule has 0 bridgehead atoms. The minimum atomic E-state index is 0.0654. The van der Waals surface area contributed by atoms with Crippen molar-refractivity contribution in [2.24, 2.45) is 0 Å². The van der Waals surface area contributed by atoms with E-state index < -0.39 is 0 Å². The first-order valence-electron chi connectivity index (χ1n) is 8.80. The van der Waals surface area contributed by atoms with Gasteiger partial charge in [-0.1, -0.05) is 23.8 Å². The zero-order chi connectivity index (χ0) is 18.1. The predicted molar refractivity (Wildman–Crippen MR) is 100 cm³/mol. The van der Waals surface area contributed by atoms with Crippen molar-refractivity contribution in [1.82, 2.24) is 24.8 Å². The van der Waals surface area contributed by atoms with Crippen LogP contribution in [-0.2, 0) is 4.79 Å². The van der Waals surface area contributed by atoms with Crippen molar-refractivity contribution in [3.05, 3.63) is 53.7 Å². The summed E-state index contributed by atoms with van der Waals surface area (Å²) in [5.41, 5.74) is 3.96. The smallest absolute Gasteiger partial charge is 0.247 e. The van der Waals surface area contributed by atoms with Crippen LogP contribution in [0.4, 0.5) is 11.6 Å². The Morgan fingerprint density at radius 1 is 1.19 bits per heavy atom. The second kappa shape index (κ2) is 6.76. The maximum atomic E-state index is 11.7. The molecule has 1 aromatic carbocycles. The van der Waals surface area contributed by atoms with Crippen molar-refractivity contribution in [2.45, 2.75) is 19.9 Å². The van der Waals surface area contributed by atoms with Gasteiger partial charge in [-0.05, 0) is 38.1 Å². The van der Waals surface area contributed by atoms with E-state index in [1.807, 2.05) is 47.0 Å². The lowest BCUT2D eigenvalue weighted by Gasteiger charge is -2.32. The summed E-state index contributed by atoms with van der Waals surface area (Å²) in [6.07, 6.45) is 0. The van der Waals surface area contributed by atoms with Crippen LogP contribution in [0.15, 0.2) is 42.5 Å². The van der Waals surface area contributed by atoms with E-state index in [4.69, 9.17) is 0 Å². The van der Waals surface area contributed by atoms with Crippen LogP contribution in [0.2, 0.25) is 0 Å². The number of fused-ring (bicyclic) bond motifs is 1. The van der Waals surface area contributed by atoms with Gasteiger partial charge in [0, 0.05) is 24.8 Å². The Bertz CT molecular complexity index is 933. The number of nitrogens with one attached hydrogen (secondary N) is 2. The van der Waals surface area contributed by atoms with Crippen LogP contribution >= 0.6 is 0 Å². The number of hydrogen-bond donors (Lipinski definition) is 2. The topological polar surface area (TPSA) is 74.6 Å². The summed E-state index contributed by atoms with van der Waals surface area (Å²) in [7, 11) is 0. The molecule has 0 aliphatic carbocycles.